The molecule has 27 heavy (non-hydrogen) atoms. The third-order valence-electron chi connectivity index (χ3n) is 4.81. The van der Waals surface area contributed by atoms with E-state index in [1.54, 1.807) is 18.0 Å². The number of hydrogen-bond acceptors (Lipinski definition) is 4. The van der Waals surface area contributed by atoms with Gasteiger partial charge in [-0.15, -0.1) is 0 Å². The minimum Gasteiger partial charge on any atom is -0.444 e. The number of piperidine rings is 1. The predicted octanol–water partition coefficient (Wildman–Crippen LogP) is 3.57. The highest BCUT2D eigenvalue weighted by molar-refractivity contribution is 7.89. The molecular formula is C20H32N2O4S. The SMILES string of the molecule is Cc1ccc(C)c(S(=O)(=O)N(C)CC2CCN(C(=O)OC(C)(C)C)CC2)c1. The van der Waals surface area contributed by atoms with Crippen LogP contribution in [0.5, 0.6) is 0 Å². The highest BCUT2D eigenvalue weighted by Gasteiger charge is 2.30. The van der Waals surface area contributed by atoms with Crippen LogP contribution in [0.2, 0.25) is 0 Å². The van der Waals surface area contributed by atoms with Gasteiger partial charge in [0, 0.05) is 26.7 Å². The van der Waals surface area contributed by atoms with Crippen LogP contribution in [0, 0.1) is 19.8 Å². The van der Waals surface area contributed by atoms with Crippen LogP contribution in [0.25, 0.3) is 0 Å². The predicted molar refractivity (Wildman–Crippen MR) is 106 cm³/mol. The van der Waals surface area contributed by atoms with Crippen molar-refractivity contribution < 1.29 is 17.9 Å². The molecular weight excluding hydrogens is 364 g/mol. The van der Waals surface area contributed by atoms with Gasteiger partial charge in [-0.05, 0) is 70.6 Å². The molecule has 1 saturated heterocycles. The van der Waals surface area contributed by atoms with Crippen LogP contribution >= 0.6 is 0 Å². The topological polar surface area (TPSA) is 66.9 Å². The Morgan fingerprint density at radius 3 is 2.37 bits per heavy atom. The molecule has 0 spiro atoms. The van der Waals surface area contributed by atoms with Crippen molar-refractivity contribution >= 4 is 16.1 Å². The summed E-state index contributed by atoms with van der Waals surface area (Å²) in [7, 11) is -1.88. The summed E-state index contributed by atoms with van der Waals surface area (Å²) in [5.74, 6) is 0.230. The first-order chi connectivity index (χ1) is 12.4. The van der Waals surface area contributed by atoms with E-state index >= 15 is 0 Å². The number of nitrogens with zero attached hydrogens (tertiary/aromatic N) is 2. The van der Waals surface area contributed by atoms with Gasteiger partial charge in [0.15, 0.2) is 0 Å². The molecule has 152 valence electrons. The van der Waals surface area contributed by atoms with Gasteiger partial charge in [0.25, 0.3) is 0 Å². The van der Waals surface area contributed by atoms with Gasteiger partial charge in [-0.1, -0.05) is 12.1 Å². The largest absolute Gasteiger partial charge is 0.444 e. The van der Waals surface area contributed by atoms with Crippen molar-refractivity contribution in [2.75, 3.05) is 26.7 Å². The Balaban J connectivity index is 1.96. The number of benzene rings is 1. The summed E-state index contributed by atoms with van der Waals surface area (Å²) >= 11 is 0. The zero-order valence-electron chi connectivity index (χ0n) is 17.3. The van der Waals surface area contributed by atoms with E-state index in [1.807, 2.05) is 46.8 Å². The molecule has 0 saturated carbocycles. The Morgan fingerprint density at radius 1 is 1.22 bits per heavy atom. The molecule has 0 aliphatic carbocycles. The van der Waals surface area contributed by atoms with E-state index in [9.17, 15) is 13.2 Å². The molecule has 0 radical (unpaired) electrons. The van der Waals surface area contributed by atoms with Crippen LogP contribution in [0.4, 0.5) is 4.79 Å². The molecule has 1 heterocycles. The van der Waals surface area contributed by atoms with Crippen LogP contribution in [0.15, 0.2) is 23.1 Å². The summed E-state index contributed by atoms with van der Waals surface area (Å²) in [6.07, 6.45) is 1.25. The first-order valence-electron chi connectivity index (χ1n) is 9.41. The molecule has 1 aromatic carbocycles. The summed E-state index contributed by atoms with van der Waals surface area (Å²) in [5, 5.41) is 0. The average molecular weight is 397 g/mol. The second kappa shape index (κ2) is 8.19. The molecule has 2 rings (SSSR count). The number of amides is 1. The highest BCUT2D eigenvalue weighted by Crippen LogP contribution is 2.25. The summed E-state index contributed by atoms with van der Waals surface area (Å²) in [6, 6.07) is 5.49. The smallest absolute Gasteiger partial charge is 0.410 e. The maximum absolute atomic E-state index is 12.9. The molecule has 7 heteroatoms. The number of rotatable bonds is 4. The monoisotopic (exact) mass is 396 g/mol. The van der Waals surface area contributed by atoms with E-state index in [1.165, 1.54) is 4.31 Å². The molecule has 0 atom stereocenters. The lowest BCUT2D eigenvalue weighted by molar-refractivity contribution is 0.0179. The molecule has 1 amide bonds. The van der Waals surface area contributed by atoms with Gasteiger partial charge in [-0.2, -0.15) is 0 Å². The van der Waals surface area contributed by atoms with Gasteiger partial charge >= 0.3 is 6.09 Å². The molecule has 0 unspecified atom stereocenters. The Labute approximate surface area is 163 Å². The fourth-order valence-electron chi connectivity index (χ4n) is 3.24. The fraction of sp³-hybridized carbons (Fsp3) is 0.650. The van der Waals surface area contributed by atoms with Crippen LogP contribution < -0.4 is 0 Å². The number of aryl methyl sites for hydroxylation is 2. The molecule has 0 bridgehead atoms. The van der Waals surface area contributed by atoms with Crippen LogP contribution in [0.3, 0.4) is 0 Å². The van der Waals surface area contributed by atoms with Crippen LogP contribution in [-0.4, -0.2) is 56.0 Å². The quantitative estimate of drug-likeness (QED) is 0.780. The van der Waals surface area contributed by atoms with Crippen molar-refractivity contribution in [3.05, 3.63) is 29.3 Å². The molecule has 1 aliphatic rings. The van der Waals surface area contributed by atoms with Gasteiger partial charge in [0.05, 0.1) is 4.90 Å². The lowest BCUT2D eigenvalue weighted by Gasteiger charge is -2.34. The summed E-state index contributed by atoms with van der Waals surface area (Å²) in [6.45, 7) is 10.9. The number of hydrogen-bond donors (Lipinski definition) is 0. The first kappa shape index (κ1) is 21.7. The number of ether oxygens (including phenoxy) is 1. The molecule has 1 aliphatic heterocycles. The summed E-state index contributed by atoms with van der Waals surface area (Å²) in [4.78, 5) is 14.2. The van der Waals surface area contributed by atoms with Crippen molar-refractivity contribution in [1.29, 1.82) is 0 Å². The van der Waals surface area contributed by atoms with Gasteiger partial charge in [0.1, 0.15) is 5.60 Å². The number of carbonyl (C=O) groups is 1. The number of sulfonamides is 1. The van der Waals surface area contributed by atoms with Crippen LogP contribution in [-0.2, 0) is 14.8 Å². The van der Waals surface area contributed by atoms with E-state index in [-0.39, 0.29) is 12.0 Å². The number of carbonyl (C=O) groups excluding carboxylic acids is 1. The minimum absolute atomic E-state index is 0.230. The van der Waals surface area contributed by atoms with E-state index in [2.05, 4.69) is 0 Å². The fourth-order valence-corrected chi connectivity index (χ4v) is 4.79. The Kier molecular flexibility index (Phi) is 6.58. The normalized spacial score (nSPS) is 16.6. The van der Waals surface area contributed by atoms with E-state index in [0.717, 1.165) is 24.0 Å². The third kappa shape index (κ3) is 5.69. The minimum atomic E-state index is -3.52. The summed E-state index contributed by atoms with van der Waals surface area (Å²) in [5.41, 5.74) is 1.18. The Hall–Kier alpha value is -1.60. The second-order valence-corrected chi connectivity index (χ2v) is 10.5. The zero-order chi connectivity index (χ0) is 20.4. The Morgan fingerprint density at radius 2 is 1.81 bits per heavy atom. The third-order valence-corrected chi connectivity index (χ3v) is 6.78. The second-order valence-electron chi connectivity index (χ2n) is 8.47. The van der Waals surface area contributed by atoms with Gasteiger partial charge in [-0.3, -0.25) is 0 Å². The number of likely N-dealkylation sites (tertiary alicyclic amines) is 1. The maximum atomic E-state index is 12.9. The van der Waals surface area contributed by atoms with Crippen molar-refractivity contribution in [1.82, 2.24) is 9.21 Å². The van der Waals surface area contributed by atoms with E-state index in [4.69, 9.17) is 4.74 Å². The Bertz CT molecular complexity index is 776. The van der Waals surface area contributed by atoms with Gasteiger partial charge in [-0.25, -0.2) is 17.5 Å². The van der Waals surface area contributed by atoms with Crippen molar-refractivity contribution in [2.24, 2.45) is 5.92 Å². The van der Waals surface area contributed by atoms with E-state index in [0.29, 0.717) is 24.5 Å². The maximum Gasteiger partial charge on any atom is 0.410 e. The highest BCUT2D eigenvalue weighted by atomic mass is 32.2. The first-order valence-corrected chi connectivity index (χ1v) is 10.9. The molecule has 6 nitrogen and oxygen atoms in total. The zero-order valence-corrected chi connectivity index (χ0v) is 18.1. The van der Waals surface area contributed by atoms with Gasteiger partial charge in [0.2, 0.25) is 10.0 Å². The summed E-state index contributed by atoms with van der Waals surface area (Å²) < 4.78 is 32.8. The van der Waals surface area contributed by atoms with Crippen molar-refractivity contribution in [3.8, 4) is 0 Å². The van der Waals surface area contributed by atoms with Crippen molar-refractivity contribution in [3.63, 3.8) is 0 Å². The molecule has 1 fully saturated rings. The van der Waals surface area contributed by atoms with Crippen LogP contribution in [0.1, 0.15) is 44.7 Å². The lowest BCUT2D eigenvalue weighted by atomic mass is 9.97. The molecule has 0 aromatic heterocycles. The standard InChI is InChI=1S/C20H32N2O4S/c1-15-7-8-16(2)18(13-15)27(24,25)21(6)14-17-9-11-22(12-10-17)19(23)26-20(3,4)5/h7-8,13,17H,9-12,14H2,1-6H3. The molecule has 0 N–H and O–H groups in total. The molecule has 1 aromatic rings. The van der Waals surface area contributed by atoms with Gasteiger partial charge < -0.3 is 9.64 Å². The average Bonchev–Trinajstić information content (AvgIpc) is 2.56. The van der Waals surface area contributed by atoms with E-state index < -0.39 is 15.6 Å². The lowest BCUT2D eigenvalue weighted by Crippen LogP contribution is -2.44. The van der Waals surface area contributed by atoms with Crippen molar-refractivity contribution in [2.45, 2.75) is 58.0 Å².